The van der Waals surface area contributed by atoms with Crippen LogP contribution in [-0.4, -0.2) is 44.2 Å². The molecule has 0 aliphatic heterocycles. The van der Waals surface area contributed by atoms with Gasteiger partial charge in [-0.25, -0.2) is 9.59 Å². The van der Waals surface area contributed by atoms with Crippen LogP contribution in [0.3, 0.4) is 0 Å². The average Bonchev–Trinajstić information content (AvgIpc) is 2.75. The molecule has 0 spiro atoms. The SMILES string of the molecule is CCOC(=O)C(Cc1ccccc1Cc1ccc(OC)cc1)(NC=O)C(=O)OCC. The Morgan fingerprint density at radius 1 is 0.933 bits per heavy atom. The van der Waals surface area contributed by atoms with Gasteiger partial charge in [0.05, 0.1) is 20.3 Å². The number of methoxy groups -OCH3 is 1. The Hall–Kier alpha value is -3.35. The third-order valence-corrected chi connectivity index (χ3v) is 4.68. The van der Waals surface area contributed by atoms with Crippen LogP contribution in [-0.2, 0) is 36.7 Å². The van der Waals surface area contributed by atoms with Gasteiger partial charge in [-0.2, -0.15) is 0 Å². The zero-order valence-corrected chi connectivity index (χ0v) is 17.5. The van der Waals surface area contributed by atoms with Crippen molar-refractivity contribution in [3.63, 3.8) is 0 Å². The molecule has 30 heavy (non-hydrogen) atoms. The van der Waals surface area contributed by atoms with E-state index in [4.69, 9.17) is 14.2 Å². The zero-order chi connectivity index (χ0) is 22.0. The highest BCUT2D eigenvalue weighted by Crippen LogP contribution is 2.23. The summed E-state index contributed by atoms with van der Waals surface area (Å²) in [7, 11) is 1.61. The van der Waals surface area contributed by atoms with Gasteiger partial charge in [-0.1, -0.05) is 36.4 Å². The Balaban J connectivity index is 2.42. The summed E-state index contributed by atoms with van der Waals surface area (Å²) in [5.74, 6) is -0.949. The number of carbonyl (C=O) groups is 3. The minimum Gasteiger partial charge on any atom is -0.497 e. The Bertz CT molecular complexity index is 844. The number of nitrogens with one attached hydrogen (secondary N) is 1. The first kappa shape index (κ1) is 22.9. The van der Waals surface area contributed by atoms with Gasteiger partial charge in [0.1, 0.15) is 5.75 Å². The second-order valence-corrected chi connectivity index (χ2v) is 6.58. The van der Waals surface area contributed by atoms with Gasteiger partial charge in [0.25, 0.3) is 0 Å². The van der Waals surface area contributed by atoms with Crippen LogP contribution in [0.2, 0.25) is 0 Å². The van der Waals surface area contributed by atoms with Crippen molar-refractivity contribution in [1.29, 1.82) is 0 Å². The number of hydrogen-bond donors (Lipinski definition) is 1. The second kappa shape index (κ2) is 11.0. The number of esters is 2. The lowest BCUT2D eigenvalue weighted by atomic mass is 9.87. The maximum atomic E-state index is 12.8. The largest absolute Gasteiger partial charge is 0.497 e. The predicted molar refractivity (Wildman–Crippen MR) is 111 cm³/mol. The van der Waals surface area contributed by atoms with E-state index in [1.54, 1.807) is 21.0 Å². The highest BCUT2D eigenvalue weighted by atomic mass is 16.6. The van der Waals surface area contributed by atoms with E-state index in [-0.39, 0.29) is 19.6 Å². The third kappa shape index (κ3) is 5.37. The molecule has 0 heterocycles. The van der Waals surface area contributed by atoms with Crippen molar-refractivity contribution in [3.05, 3.63) is 65.2 Å². The van der Waals surface area contributed by atoms with Crippen molar-refractivity contribution in [3.8, 4) is 5.75 Å². The van der Waals surface area contributed by atoms with Gasteiger partial charge >= 0.3 is 11.9 Å². The molecule has 0 aliphatic carbocycles. The predicted octanol–water partition coefficient (Wildman–Crippen LogP) is 2.44. The number of amides is 1. The molecule has 0 saturated carbocycles. The maximum absolute atomic E-state index is 12.8. The van der Waals surface area contributed by atoms with E-state index in [1.807, 2.05) is 48.5 Å². The molecule has 0 fully saturated rings. The zero-order valence-electron chi connectivity index (χ0n) is 17.5. The number of rotatable bonds is 11. The molecule has 1 amide bonds. The van der Waals surface area contributed by atoms with Crippen molar-refractivity contribution >= 4 is 18.3 Å². The van der Waals surface area contributed by atoms with E-state index in [1.165, 1.54) is 0 Å². The molecule has 0 aliphatic rings. The molecule has 0 atom stereocenters. The molecule has 2 aromatic rings. The van der Waals surface area contributed by atoms with Gasteiger partial charge in [-0.05, 0) is 49.1 Å². The van der Waals surface area contributed by atoms with E-state index >= 15 is 0 Å². The summed E-state index contributed by atoms with van der Waals surface area (Å²) in [5, 5.41) is 2.37. The number of hydrogen-bond acceptors (Lipinski definition) is 6. The van der Waals surface area contributed by atoms with Crippen LogP contribution in [0, 0.1) is 0 Å². The van der Waals surface area contributed by atoms with E-state index in [0.29, 0.717) is 12.8 Å². The van der Waals surface area contributed by atoms with Crippen LogP contribution >= 0.6 is 0 Å². The monoisotopic (exact) mass is 413 g/mol. The number of benzene rings is 2. The first-order valence-electron chi connectivity index (χ1n) is 9.76. The lowest BCUT2D eigenvalue weighted by molar-refractivity contribution is -0.167. The Kier molecular flexibility index (Phi) is 8.41. The molecule has 7 nitrogen and oxygen atoms in total. The topological polar surface area (TPSA) is 90.9 Å². The van der Waals surface area contributed by atoms with Crippen molar-refractivity contribution in [2.45, 2.75) is 32.2 Å². The average molecular weight is 413 g/mol. The van der Waals surface area contributed by atoms with Gasteiger partial charge in [0, 0.05) is 6.42 Å². The first-order valence-corrected chi connectivity index (χ1v) is 9.76. The molecule has 0 aromatic heterocycles. The van der Waals surface area contributed by atoms with Crippen LogP contribution in [0.1, 0.15) is 30.5 Å². The molecule has 0 unspecified atom stereocenters. The highest BCUT2D eigenvalue weighted by Gasteiger charge is 2.49. The summed E-state index contributed by atoms with van der Waals surface area (Å²) in [6.07, 6.45) is 0.804. The quantitative estimate of drug-likeness (QED) is 0.346. The Morgan fingerprint density at radius 3 is 2.00 bits per heavy atom. The molecule has 1 N–H and O–H groups in total. The third-order valence-electron chi connectivity index (χ3n) is 4.68. The summed E-state index contributed by atoms with van der Waals surface area (Å²) in [6, 6.07) is 15.1. The highest BCUT2D eigenvalue weighted by molar-refractivity contribution is 6.06. The number of ether oxygens (including phenoxy) is 3. The summed E-state index contributed by atoms with van der Waals surface area (Å²) in [4.78, 5) is 36.8. The maximum Gasteiger partial charge on any atom is 0.344 e. The van der Waals surface area contributed by atoms with Crippen molar-refractivity contribution < 1.29 is 28.6 Å². The summed E-state index contributed by atoms with van der Waals surface area (Å²) in [6.45, 7) is 3.39. The summed E-state index contributed by atoms with van der Waals surface area (Å²) < 4.78 is 15.4. The lowest BCUT2D eigenvalue weighted by Gasteiger charge is -2.29. The fourth-order valence-corrected chi connectivity index (χ4v) is 3.16. The summed E-state index contributed by atoms with van der Waals surface area (Å²) in [5.41, 5.74) is 0.714. The Morgan fingerprint density at radius 2 is 1.50 bits per heavy atom. The van der Waals surface area contributed by atoms with Gasteiger partial charge in [0.2, 0.25) is 11.9 Å². The second-order valence-electron chi connectivity index (χ2n) is 6.58. The van der Waals surface area contributed by atoms with Crippen molar-refractivity contribution in [2.24, 2.45) is 0 Å². The van der Waals surface area contributed by atoms with Gasteiger partial charge in [-0.3, -0.25) is 4.79 Å². The van der Waals surface area contributed by atoms with Crippen LogP contribution < -0.4 is 10.1 Å². The van der Waals surface area contributed by atoms with Gasteiger partial charge in [0.15, 0.2) is 0 Å². The normalized spacial score (nSPS) is 10.8. The standard InChI is InChI=1S/C23H27NO6/c1-4-29-21(26)23(24-16-25,22(27)30-5-2)15-19-9-7-6-8-18(19)14-17-10-12-20(28-3)13-11-17/h6-13,16H,4-5,14-15H2,1-3H3,(H,24,25). The molecule has 160 valence electrons. The Labute approximate surface area is 176 Å². The summed E-state index contributed by atoms with van der Waals surface area (Å²) >= 11 is 0. The molecule has 7 heteroatoms. The smallest absolute Gasteiger partial charge is 0.344 e. The molecule has 0 radical (unpaired) electrons. The van der Waals surface area contributed by atoms with Crippen molar-refractivity contribution in [2.75, 3.05) is 20.3 Å². The first-order chi connectivity index (χ1) is 14.5. The van der Waals surface area contributed by atoms with Gasteiger partial charge in [-0.15, -0.1) is 0 Å². The van der Waals surface area contributed by atoms with Crippen LogP contribution in [0.4, 0.5) is 0 Å². The fraction of sp³-hybridized carbons (Fsp3) is 0.348. The van der Waals surface area contributed by atoms with Crippen molar-refractivity contribution in [1.82, 2.24) is 5.32 Å². The van der Waals surface area contributed by atoms with E-state index < -0.39 is 17.5 Å². The number of carbonyl (C=O) groups excluding carboxylic acids is 3. The van der Waals surface area contributed by atoms with Gasteiger partial charge < -0.3 is 19.5 Å². The molecule has 2 aromatic carbocycles. The van der Waals surface area contributed by atoms with E-state index in [2.05, 4.69) is 5.32 Å². The molecular formula is C23H27NO6. The van der Waals surface area contributed by atoms with Crippen LogP contribution in [0.15, 0.2) is 48.5 Å². The van der Waals surface area contributed by atoms with E-state index in [0.717, 1.165) is 22.4 Å². The minimum absolute atomic E-state index is 0.0635. The molecule has 0 bridgehead atoms. The fourth-order valence-electron chi connectivity index (χ4n) is 3.16. The minimum atomic E-state index is -1.95. The molecular weight excluding hydrogens is 386 g/mol. The van der Waals surface area contributed by atoms with Crippen LogP contribution in [0.25, 0.3) is 0 Å². The van der Waals surface area contributed by atoms with E-state index in [9.17, 15) is 14.4 Å². The lowest BCUT2D eigenvalue weighted by Crippen LogP contribution is -2.61. The molecule has 0 saturated heterocycles. The van der Waals surface area contributed by atoms with Crippen LogP contribution in [0.5, 0.6) is 5.75 Å². The molecule has 2 rings (SSSR count).